The number of nitro benzene ring substituents is 1. The summed E-state index contributed by atoms with van der Waals surface area (Å²) in [5, 5.41) is 13.9. The van der Waals surface area contributed by atoms with Gasteiger partial charge in [0, 0.05) is 24.7 Å². The van der Waals surface area contributed by atoms with Crippen molar-refractivity contribution >= 4 is 5.69 Å². The van der Waals surface area contributed by atoms with E-state index in [1.807, 2.05) is 0 Å². The molecule has 1 rings (SSSR count). The molecule has 1 N–H and O–H groups in total. The van der Waals surface area contributed by atoms with Gasteiger partial charge in [-0.2, -0.15) is 0 Å². The number of nitro groups is 1. The zero-order valence-corrected chi connectivity index (χ0v) is 12.6. The van der Waals surface area contributed by atoms with Crippen molar-refractivity contribution in [2.45, 2.75) is 39.3 Å². The van der Waals surface area contributed by atoms with Crippen molar-refractivity contribution in [1.82, 2.24) is 10.2 Å². The minimum Gasteiger partial charge on any atom is -0.313 e. The van der Waals surface area contributed by atoms with Gasteiger partial charge in [0.1, 0.15) is 0 Å². The predicted octanol–water partition coefficient (Wildman–Crippen LogP) is 2.80. The molecule has 5 heteroatoms. The number of benzene rings is 1. The van der Waals surface area contributed by atoms with Crippen LogP contribution in [0.4, 0.5) is 5.69 Å². The van der Waals surface area contributed by atoms with E-state index < -0.39 is 0 Å². The lowest BCUT2D eigenvalue weighted by Gasteiger charge is -2.20. The standard InChI is InChI=1S/C15H25N3O2/c1-13(2)17(3)11-5-4-10-16-12-14-6-8-15(9-7-14)18(19)20/h6-9,13,16H,4-5,10-12H2,1-3H3. The van der Waals surface area contributed by atoms with Gasteiger partial charge in [0.15, 0.2) is 0 Å². The molecule has 0 fully saturated rings. The fourth-order valence-electron chi connectivity index (χ4n) is 1.84. The molecule has 0 heterocycles. The van der Waals surface area contributed by atoms with Crippen molar-refractivity contribution in [3.8, 4) is 0 Å². The van der Waals surface area contributed by atoms with Crippen molar-refractivity contribution in [3.05, 3.63) is 39.9 Å². The predicted molar refractivity (Wildman–Crippen MR) is 81.8 cm³/mol. The molecule has 0 saturated carbocycles. The van der Waals surface area contributed by atoms with Gasteiger partial charge in [-0.25, -0.2) is 0 Å². The summed E-state index contributed by atoms with van der Waals surface area (Å²) in [6.45, 7) is 7.26. The van der Waals surface area contributed by atoms with Crippen LogP contribution in [0.1, 0.15) is 32.3 Å². The molecule has 1 aromatic rings. The lowest BCUT2D eigenvalue weighted by atomic mass is 10.2. The number of unbranched alkanes of at least 4 members (excludes halogenated alkanes) is 1. The van der Waals surface area contributed by atoms with E-state index in [1.54, 1.807) is 24.3 Å². The van der Waals surface area contributed by atoms with E-state index in [0.29, 0.717) is 6.04 Å². The second-order valence-corrected chi connectivity index (χ2v) is 5.38. The van der Waals surface area contributed by atoms with Crippen LogP contribution in [0.15, 0.2) is 24.3 Å². The van der Waals surface area contributed by atoms with Crippen LogP contribution in [0.3, 0.4) is 0 Å². The SMILES string of the molecule is CC(C)N(C)CCCCNCc1ccc([N+](=O)[O-])cc1. The van der Waals surface area contributed by atoms with Gasteiger partial charge in [-0.3, -0.25) is 10.1 Å². The maximum atomic E-state index is 10.5. The van der Waals surface area contributed by atoms with E-state index in [9.17, 15) is 10.1 Å². The average molecular weight is 279 g/mol. The first-order valence-electron chi connectivity index (χ1n) is 7.15. The molecule has 1 aromatic carbocycles. The molecular formula is C15H25N3O2. The number of nitrogens with one attached hydrogen (secondary N) is 1. The molecule has 0 aromatic heterocycles. The molecule has 0 unspecified atom stereocenters. The second kappa shape index (κ2) is 8.66. The van der Waals surface area contributed by atoms with Gasteiger partial charge >= 0.3 is 0 Å². The normalized spacial score (nSPS) is 11.2. The zero-order valence-electron chi connectivity index (χ0n) is 12.6. The Bertz CT molecular complexity index is 404. The first-order chi connectivity index (χ1) is 9.50. The molecule has 0 saturated heterocycles. The molecule has 0 amide bonds. The summed E-state index contributed by atoms with van der Waals surface area (Å²) in [7, 11) is 2.15. The summed E-state index contributed by atoms with van der Waals surface area (Å²) in [4.78, 5) is 12.5. The fraction of sp³-hybridized carbons (Fsp3) is 0.600. The van der Waals surface area contributed by atoms with Crippen molar-refractivity contribution < 1.29 is 4.92 Å². The summed E-state index contributed by atoms with van der Waals surface area (Å²) in [5.74, 6) is 0. The highest BCUT2D eigenvalue weighted by Gasteiger charge is 2.04. The van der Waals surface area contributed by atoms with Gasteiger partial charge in [0.05, 0.1) is 4.92 Å². The largest absolute Gasteiger partial charge is 0.313 e. The Hall–Kier alpha value is -1.46. The summed E-state index contributed by atoms with van der Waals surface area (Å²) < 4.78 is 0. The van der Waals surface area contributed by atoms with E-state index in [0.717, 1.165) is 31.6 Å². The van der Waals surface area contributed by atoms with E-state index in [-0.39, 0.29) is 10.6 Å². The molecule has 112 valence electrons. The van der Waals surface area contributed by atoms with Gasteiger partial charge in [-0.05, 0) is 52.4 Å². The summed E-state index contributed by atoms with van der Waals surface area (Å²) in [6, 6.07) is 7.31. The molecule has 0 radical (unpaired) electrons. The van der Waals surface area contributed by atoms with E-state index >= 15 is 0 Å². The van der Waals surface area contributed by atoms with Crippen LogP contribution < -0.4 is 5.32 Å². The Balaban J connectivity index is 2.14. The lowest BCUT2D eigenvalue weighted by Crippen LogP contribution is -2.27. The van der Waals surface area contributed by atoms with Crippen molar-refractivity contribution in [2.24, 2.45) is 0 Å². The van der Waals surface area contributed by atoms with Crippen LogP contribution in [0.5, 0.6) is 0 Å². The minimum absolute atomic E-state index is 0.144. The number of hydrogen-bond acceptors (Lipinski definition) is 4. The summed E-state index contributed by atoms with van der Waals surface area (Å²) >= 11 is 0. The third-order valence-corrected chi connectivity index (χ3v) is 3.47. The molecule has 0 aliphatic rings. The third kappa shape index (κ3) is 6.12. The van der Waals surface area contributed by atoms with Crippen molar-refractivity contribution in [3.63, 3.8) is 0 Å². The van der Waals surface area contributed by atoms with Crippen LogP contribution in [-0.4, -0.2) is 36.0 Å². The van der Waals surface area contributed by atoms with Crippen LogP contribution >= 0.6 is 0 Å². The average Bonchev–Trinajstić information content (AvgIpc) is 2.42. The quantitative estimate of drug-likeness (QED) is 0.429. The minimum atomic E-state index is -0.373. The maximum Gasteiger partial charge on any atom is 0.269 e. The van der Waals surface area contributed by atoms with Crippen molar-refractivity contribution in [1.29, 1.82) is 0 Å². The van der Waals surface area contributed by atoms with Crippen molar-refractivity contribution in [2.75, 3.05) is 20.1 Å². The van der Waals surface area contributed by atoms with E-state index in [1.165, 1.54) is 6.42 Å². The molecule has 5 nitrogen and oxygen atoms in total. The number of hydrogen-bond donors (Lipinski definition) is 1. The van der Waals surface area contributed by atoms with Gasteiger partial charge in [-0.1, -0.05) is 12.1 Å². The number of rotatable bonds is 9. The van der Waals surface area contributed by atoms with Gasteiger partial charge < -0.3 is 10.2 Å². The Morgan fingerprint density at radius 3 is 2.45 bits per heavy atom. The first kappa shape index (κ1) is 16.6. The van der Waals surface area contributed by atoms with Crippen LogP contribution in [0, 0.1) is 10.1 Å². The topological polar surface area (TPSA) is 58.4 Å². The molecule has 0 spiro atoms. The molecule has 0 atom stereocenters. The third-order valence-electron chi connectivity index (χ3n) is 3.47. The maximum absolute atomic E-state index is 10.5. The van der Waals surface area contributed by atoms with Gasteiger partial charge in [0.25, 0.3) is 5.69 Å². The highest BCUT2D eigenvalue weighted by molar-refractivity contribution is 5.32. The highest BCUT2D eigenvalue weighted by Crippen LogP contribution is 2.11. The zero-order chi connectivity index (χ0) is 15.0. The van der Waals surface area contributed by atoms with Crippen LogP contribution in [0.25, 0.3) is 0 Å². The molecule has 0 bridgehead atoms. The Kier molecular flexibility index (Phi) is 7.18. The lowest BCUT2D eigenvalue weighted by molar-refractivity contribution is -0.384. The van der Waals surface area contributed by atoms with Gasteiger partial charge in [-0.15, -0.1) is 0 Å². The van der Waals surface area contributed by atoms with E-state index in [4.69, 9.17) is 0 Å². The van der Waals surface area contributed by atoms with Crippen LogP contribution in [-0.2, 0) is 6.54 Å². The number of non-ortho nitro benzene ring substituents is 1. The Morgan fingerprint density at radius 2 is 1.90 bits per heavy atom. The molecule has 0 aliphatic heterocycles. The van der Waals surface area contributed by atoms with E-state index in [2.05, 4.69) is 31.1 Å². The second-order valence-electron chi connectivity index (χ2n) is 5.38. The number of nitrogens with zero attached hydrogens (tertiary/aromatic N) is 2. The first-order valence-corrected chi connectivity index (χ1v) is 7.15. The summed E-state index contributed by atoms with van der Waals surface area (Å²) in [5.41, 5.74) is 1.22. The summed E-state index contributed by atoms with van der Waals surface area (Å²) in [6.07, 6.45) is 2.33. The van der Waals surface area contributed by atoms with Crippen LogP contribution in [0.2, 0.25) is 0 Å². The van der Waals surface area contributed by atoms with Gasteiger partial charge in [0.2, 0.25) is 0 Å². The Morgan fingerprint density at radius 1 is 1.25 bits per heavy atom. The molecular weight excluding hydrogens is 254 g/mol. The molecule has 0 aliphatic carbocycles. The smallest absolute Gasteiger partial charge is 0.269 e. The fourth-order valence-corrected chi connectivity index (χ4v) is 1.84. The monoisotopic (exact) mass is 279 g/mol. The highest BCUT2D eigenvalue weighted by atomic mass is 16.6. The molecule has 20 heavy (non-hydrogen) atoms. The Labute approximate surface area is 121 Å².